The van der Waals surface area contributed by atoms with Gasteiger partial charge in [0.25, 0.3) is 0 Å². The summed E-state index contributed by atoms with van der Waals surface area (Å²) in [6.45, 7) is 4.75. The van der Waals surface area contributed by atoms with E-state index in [-0.39, 0.29) is 4.32 Å². The molecule has 0 radical (unpaired) electrons. The van der Waals surface area contributed by atoms with E-state index < -0.39 is 0 Å². The molecule has 3 aliphatic rings. The Kier molecular flexibility index (Phi) is 1.98. The zero-order valence-corrected chi connectivity index (χ0v) is 11.1. The molecule has 0 aliphatic heterocycles. The quantitative estimate of drug-likeness (QED) is 0.527. The van der Waals surface area contributed by atoms with Gasteiger partial charge in [0.1, 0.15) is 6.29 Å². The highest BCUT2D eigenvalue weighted by atomic mass is 79.9. The molecule has 1 unspecified atom stereocenters. The molecule has 0 saturated heterocycles. The lowest BCUT2D eigenvalue weighted by molar-refractivity contribution is -0.113. The van der Waals surface area contributed by atoms with Crippen LogP contribution in [0.15, 0.2) is 0 Å². The lowest BCUT2D eigenvalue weighted by Gasteiger charge is -2.48. The average Bonchev–Trinajstić information content (AvgIpc) is 2.62. The molecule has 0 aromatic rings. The standard InChI is InChI=1S/C13H19BrO/c1-8-3-4-9-11(8)13(14,7-15)10-5-6-12(9,10)2/h7-11H,3-6H2,1-2H3/t8-,9+,10-,11+,12-,13?/m1/s1. The van der Waals surface area contributed by atoms with Crippen LogP contribution in [0.4, 0.5) is 0 Å². The van der Waals surface area contributed by atoms with Crippen molar-refractivity contribution < 1.29 is 4.79 Å². The fourth-order valence-electron chi connectivity index (χ4n) is 4.99. The number of hydrogen-bond acceptors (Lipinski definition) is 1. The van der Waals surface area contributed by atoms with E-state index in [1.165, 1.54) is 32.0 Å². The normalized spacial score (nSPS) is 62.1. The lowest BCUT2D eigenvalue weighted by atomic mass is 9.58. The number of hydrogen-bond donors (Lipinski definition) is 0. The molecule has 84 valence electrons. The zero-order valence-electron chi connectivity index (χ0n) is 9.50. The summed E-state index contributed by atoms with van der Waals surface area (Å²) in [6, 6.07) is 0. The first-order chi connectivity index (χ1) is 7.04. The zero-order chi connectivity index (χ0) is 10.8. The molecule has 1 nitrogen and oxygen atoms in total. The molecule has 3 fully saturated rings. The van der Waals surface area contributed by atoms with Crippen LogP contribution in [0, 0.1) is 29.1 Å². The molecule has 0 aromatic carbocycles. The summed E-state index contributed by atoms with van der Waals surface area (Å²) in [4.78, 5) is 11.5. The fourth-order valence-corrected chi connectivity index (χ4v) is 6.51. The minimum Gasteiger partial charge on any atom is -0.302 e. The van der Waals surface area contributed by atoms with Crippen LogP contribution >= 0.6 is 15.9 Å². The Hall–Kier alpha value is 0.150. The van der Waals surface area contributed by atoms with Crippen LogP contribution in [-0.4, -0.2) is 10.6 Å². The van der Waals surface area contributed by atoms with Gasteiger partial charge in [0, 0.05) is 0 Å². The van der Waals surface area contributed by atoms with E-state index in [9.17, 15) is 4.79 Å². The van der Waals surface area contributed by atoms with E-state index in [1.54, 1.807) is 0 Å². The molecule has 0 aromatic heterocycles. The molecule has 15 heavy (non-hydrogen) atoms. The van der Waals surface area contributed by atoms with Crippen molar-refractivity contribution in [1.82, 2.24) is 0 Å². The van der Waals surface area contributed by atoms with Crippen molar-refractivity contribution in [3.05, 3.63) is 0 Å². The van der Waals surface area contributed by atoms with Gasteiger partial charge >= 0.3 is 0 Å². The van der Waals surface area contributed by atoms with Gasteiger partial charge in [0.2, 0.25) is 0 Å². The highest BCUT2D eigenvalue weighted by molar-refractivity contribution is 9.10. The van der Waals surface area contributed by atoms with Crippen molar-refractivity contribution in [2.75, 3.05) is 0 Å². The minimum atomic E-state index is -0.180. The molecule has 0 spiro atoms. The van der Waals surface area contributed by atoms with Gasteiger partial charge in [-0.15, -0.1) is 0 Å². The Balaban J connectivity index is 2.07. The van der Waals surface area contributed by atoms with Crippen LogP contribution in [0.25, 0.3) is 0 Å². The van der Waals surface area contributed by atoms with Gasteiger partial charge in [-0.05, 0) is 48.3 Å². The van der Waals surface area contributed by atoms with E-state index in [2.05, 4.69) is 29.8 Å². The fraction of sp³-hybridized carbons (Fsp3) is 0.923. The third-order valence-electron chi connectivity index (χ3n) is 5.82. The van der Waals surface area contributed by atoms with Crippen LogP contribution in [0.2, 0.25) is 0 Å². The van der Waals surface area contributed by atoms with Crippen LogP contribution in [-0.2, 0) is 4.79 Å². The van der Waals surface area contributed by atoms with E-state index in [1.807, 2.05) is 0 Å². The Bertz CT molecular complexity index is 316. The van der Waals surface area contributed by atoms with E-state index in [0.717, 1.165) is 11.8 Å². The van der Waals surface area contributed by atoms with E-state index >= 15 is 0 Å². The van der Waals surface area contributed by atoms with Crippen LogP contribution in [0.1, 0.15) is 39.5 Å². The second-order valence-corrected chi connectivity index (χ2v) is 7.60. The molecule has 3 saturated carbocycles. The van der Waals surface area contributed by atoms with Gasteiger partial charge in [-0.3, -0.25) is 0 Å². The first kappa shape index (κ1) is 10.3. The second kappa shape index (κ2) is 2.88. The molecule has 2 heteroatoms. The number of alkyl halides is 1. The molecule has 6 atom stereocenters. The molecule has 0 amide bonds. The minimum absolute atomic E-state index is 0.180. The molecule has 3 rings (SSSR count). The predicted molar refractivity (Wildman–Crippen MR) is 63.9 cm³/mol. The Morgan fingerprint density at radius 1 is 1.33 bits per heavy atom. The van der Waals surface area contributed by atoms with Gasteiger partial charge < -0.3 is 4.79 Å². The summed E-state index contributed by atoms with van der Waals surface area (Å²) in [6.07, 6.45) is 6.48. The number of aldehydes is 1. The van der Waals surface area contributed by atoms with Crippen molar-refractivity contribution in [1.29, 1.82) is 0 Å². The number of carbonyl (C=O) groups is 1. The molecule has 0 heterocycles. The summed E-state index contributed by atoms with van der Waals surface area (Å²) < 4.78 is -0.180. The third-order valence-corrected chi connectivity index (χ3v) is 7.09. The van der Waals surface area contributed by atoms with Crippen molar-refractivity contribution in [2.45, 2.75) is 43.9 Å². The van der Waals surface area contributed by atoms with Gasteiger partial charge in [0.05, 0.1) is 4.32 Å². The SMILES string of the molecule is C[C@@H]1CC[C@H]2[C@H]1C(Br)(C=O)[C@@H]1CC[C@]21C. The molecular formula is C13H19BrO. The molecule has 3 aliphatic carbocycles. The summed E-state index contributed by atoms with van der Waals surface area (Å²) >= 11 is 3.82. The van der Waals surface area contributed by atoms with Gasteiger partial charge in [-0.2, -0.15) is 0 Å². The summed E-state index contributed by atoms with van der Waals surface area (Å²) in [5.74, 6) is 2.74. The Labute approximate surface area is 100 Å². The first-order valence-corrected chi connectivity index (χ1v) is 6.98. The number of fused-ring (bicyclic) bond motifs is 3. The summed E-state index contributed by atoms with van der Waals surface area (Å²) in [7, 11) is 0. The lowest BCUT2D eigenvalue weighted by Crippen LogP contribution is -2.46. The second-order valence-electron chi connectivity index (χ2n) is 6.23. The van der Waals surface area contributed by atoms with Crippen molar-refractivity contribution >= 4 is 22.2 Å². The maximum Gasteiger partial charge on any atom is 0.137 e. The van der Waals surface area contributed by atoms with Gasteiger partial charge in [0.15, 0.2) is 0 Å². The Morgan fingerprint density at radius 2 is 2.07 bits per heavy atom. The third kappa shape index (κ3) is 0.981. The maximum absolute atomic E-state index is 11.5. The number of rotatable bonds is 1. The number of halogens is 1. The van der Waals surface area contributed by atoms with Crippen LogP contribution in [0.3, 0.4) is 0 Å². The van der Waals surface area contributed by atoms with E-state index in [0.29, 0.717) is 17.3 Å². The summed E-state index contributed by atoms with van der Waals surface area (Å²) in [5.41, 5.74) is 0.472. The van der Waals surface area contributed by atoms with Crippen LogP contribution < -0.4 is 0 Å². The van der Waals surface area contributed by atoms with Gasteiger partial charge in [-0.1, -0.05) is 36.2 Å². The molecule has 0 N–H and O–H groups in total. The monoisotopic (exact) mass is 270 g/mol. The predicted octanol–water partition coefficient (Wildman–Crippen LogP) is 3.41. The highest BCUT2D eigenvalue weighted by Gasteiger charge is 2.70. The smallest absolute Gasteiger partial charge is 0.137 e. The highest BCUT2D eigenvalue weighted by Crippen LogP contribution is 2.73. The van der Waals surface area contributed by atoms with Crippen molar-refractivity contribution in [2.24, 2.45) is 29.1 Å². The average molecular weight is 271 g/mol. The molecule has 0 bridgehead atoms. The Morgan fingerprint density at radius 3 is 2.60 bits per heavy atom. The topological polar surface area (TPSA) is 17.1 Å². The summed E-state index contributed by atoms with van der Waals surface area (Å²) in [5, 5.41) is 0. The van der Waals surface area contributed by atoms with Crippen LogP contribution in [0.5, 0.6) is 0 Å². The number of carbonyl (C=O) groups excluding carboxylic acids is 1. The maximum atomic E-state index is 11.5. The molecular weight excluding hydrogens is 252 g/mol. The van der Waals surface area contributed by atoms with Crippen molar-refractivity contribution in [3.63, 3.8) is 0 Å². The van der Waals surface area contributed by atoms with Crippen molar-refractivity contribution in [3.8, 4) is 0 Å². The van der Waals surface area contributed by atoms with Gasteiger partial charge in [-0.25, -0.2) is 0 Å². The first-order valence-electron chi connectivity index (χ1n) is 6.19. The largest absolute Gasteiger partial charge is 0.302 e. The van der Waals surface area contributed by atoms with E-state index in [4.69, 9.17) is 0 Å².